The summed E-state index contributed by atoms with van der Waals surface area (Å²) in [6, 6.07) is 25.3. The summed E-state index contributed by atoms with van der Waals surface area (Å²) in [5, 5.41) is 8.68. The van der Waals surface area contributed by atoms with Gasteiger partial charge in [0, 0.05) is 11.1 Å². The number of carbonyl (C=O) groups excluding carboxylic acids is 2. The van der Waals surface area contributed by atoms with Crippen LogP contribution in [0.25, 0.3) is 28.3 Å². The average Bonchev–Trinajstić information content (AvgIpc) is 3.62. The number of para-hydroxylation sites is 2. The van der Waals surface area contributed by atoms with Crippen LogP contribution in [0.5, 0.6) is 5.75 Å². The van der Waals surface area contributed by atoms with Crippen molar-refractivity contribution in [2.45, 2.75) is 6.61 Å². The Morgan fingerprint density at radius 2 is 1.53 bits per heavy atom. The molecule has 0 saturated heterocycles. The van der Waals surface area contributed by atoms with Crippen LogP contribution >= 0.6 is 0 Å². The molecule has 5 aromatic rings. The van der Waals surface area contributed by atoms with Gasteiger partial charge < -0.3 is 18.7 Å². The Kier molecular flexibility index (Phi) is 6.94. The summed E-state index contributed by atoms with van der Waals surface area (Å²) in [5.74, 6) is -0.155. The standard InChI is InChI=1S/C28H22N4O6/c1-35-27(33)23-24(30-32(25(23)28(34)36-2)20-12-5-3-6-13-20)18-10-9-11-19(16-18)26-29-22(38-31-26)17-37-21-14-7-4-8-15-21/h3-16H,17H2,1-2H3. The molecule has 38 heavy (non-hydrogen) atoms. The van der Waals surface area contributed by atoms with Crippen molar-refractivity contribution in [3.63, 3.8) is 0 Å². The Hall–Kier alpha value is -5.25. The largest absolute Gasteiger partial charge is 0.484 e. The Morgan fingerprint density at radius 3 is 2.24 bits per heavy atom. The van der Waals surface area contributed by atoms with Crippen LogP contribution in [0.3, 0.4) is 0 Å². The molecule has 2 aromatic heterocycles. The minimum atomic E-state index is -0.731. The summed E-state index contributed by atoms with van der Waals surface area (Å²) < 4.78 is 22.4. The van der Waals surface area contributed by atoms with Gasteiger partial charge in [-0.05, 0) is 30.3 Å². The van der Waals surface area contributed by atoms with E-state index in [1.807, 2.05) is 36.4 Å². The van der Waals surface area contributed by atoms with Crippen molar-refractivity contribution in [3.8, 4) is 34.1 Å². The van der Waals surface area contributed by atoms with E-state index < -0.39 is 11.9 Å². The predicted octanol–water partition coefficient (Wildman–Crippen LogP) is 4.74. The number of nitrogens with zero attached hydrogens (tertiary/aromatic N) is 4. The Labute approximate surface area is 217 Å². The summed E-state index contributed by atoms with van der Waals surface area (Å²) >= 11 is 0. The Bertz CT molecular complexity index is 1580. The van der Waals surface area contributed by atoms with E-state index in [-0.39, 0.29) is 23.6 Å². The number of carbonyl (C=O) groups is 2. The smallest absolute Gasteiger partial charge is 0.357 e. The molecule has 10 heteroatoms. The van der Waals surface area contributed by atoms with Crippen molar-refractivity contribution >= 4 is 11.9 Å². The highest BCUT2D eigenvalue weighted by molar-refractivity contribution is 6.07. The topological polar surface area (TPSA) is 119 Å². The van der Waals surface area contributed by atoms with Gasteiger partial charge in [-0.25, -0.2) is 14.3 Å². The molecule has 190 valence electrons. The molecule has 0 aliphatic carbocycles. The summed E-state index contributed by atoms with van der Waals surface area (Å²) in [7, 11) is 2.48. The molecular weight excluding hydrogens is 488 g/mol. The SMILES string of the molecule is COC(=O)c1c(-c2cccc(-c3noc(COc4ccccc4)n3)c2)nn(-c2ccccc2)c1C(=O)OC. The second-order valence-corrected chi connectivity index (χ2v) is 8.00. The quantitative estimate of drug-likeness (QED) is 0.273. The molecule has 0 saturated carbocycles. The van der Waals surface area contributed by atoms with Crippen molar-refractivity contribution in [1.29, 1.82) is 0 Å². The second-order valence-electron chi connectivity index (χ2n) is 8.00. The molecule has 0 atom stereocenters. The zero-order valence-electron chi connectivity index (χ0n) is 20.5. The van der Waals surface area contributed by atoms with Gasteiger partial charge in [0.2, 0.25) is 5.82 Å². The van der Waals surface area contributed by atoms with Crippen LogP contribution < -0.4 is 4.74 Å². The number of rotatable bonds is 8. The van der Waals surface area contributed by atoms with Gasteiger partial charge in [-0.2, -0.15) is 10.1 Å². The third kappa shape index (κ3) is 4.87. The molecule has 0 bridgehead atoms. The third-order valence-electron chi connectivity index (χ3n) is 5.62. The summed E-state index contributed by atoms with van der Waals surface area (Å²) in [4.78, 5) is 30.1. The highest BCUT2D eigenvalue weighted by Gasteiger charge is 2.31. The van der Waals surface area contributed by atoms with Crippen molar-refractivity contribution in [2.75, 3.05) is 14.2 Å². The highest BCUT2D eigenvalue weighted by Crippen LogP contribution is 2.31. The highest BCUT2D eigenvalue weighted by atomic mass is 16.5. The maximum absolute atomic E-state index is 12.9. The molecule has 0 N–H and O–H groups in total. The lowest BCUT2D eigenvalue weighted by Crippen LogP contribution is -2.15. The number of ether oxygens (including phenoxy) is 3. The molecule has 5 rings (SSSR count). The van der Waals surface area contributed by atoms with E-state index in [0.717, 1.165) is 0 Å². The molecule has 0 aliphatic heterocycles. The fraction of sp³-hybridized carbons (Fsp3) is 0.107. The Balaban J connectivity index is 1.54. The normalized spacial score (nSPS) is 10.7. The average molecular weight is 511 g/mol. The van der Waals surface area contributed by atoms with Crippen LogP contribution in [0, 0.1) is 0 Å². The van der Waals surface area contributed by atoms with Crippen LogP contribution in [0.2, 0.25) is 0 Å². The molecule has 2 heterocycles. The van der Waals surface area contributed by atoms with Gasteiger partial charge >= 0.3 is 11.9 Å². The summed E-state index contributed by atoms with van der Waals surface area (Å²) in [6.45, 7) is 0.104. The molecular formula is C28H22N4O6. The lowest BCUT2D eigenvalue weighted by atomic mass is 10.0. The van der Waals surface area contributed by atoms with Crippen molar-refractivity contribution in [2.24, 2.45) is 0 Å². The number of aromatic nitrogens is 4. The molecule has 0 fully saturated rings. The fourth-order valence-corrected chi connectivity index (χ4v) is 3.85. The lowest BCUT2D eigenvalue weighted by molar-refractivity contribution is 0.0549. The Morgan fingerprint density at radius 1 is 0.842 bits per heavy atom. The van der Waals surface area contributed by atoms with Crippen LogP contribution in [-0.2, 0) is 16.1 Å². The molecule has 10 nitrogen and oxygen atoms in total. The van der Waals surface area contributed by atoms with Gasteiger partial charge in [-0.3, -0.25) is 0 Å². The second kappa shape index (κ2) is 10.8. The summed E-state index contributed by atoms with van der Waals surface area (Å²) in [6.07, 6.45) is 0. The molecule has 0 amide bonds. The molecule has 3 aromatic carbocycles. The predicted molar refractivity (Wildman–Crippen MR) is 136 cm³/mol. The fourth-order valence-electron chi connectivity index (χ4n) is 3.85. The van der Waals surface area contributed by atoms with Crippen molar-refractivity contribution in [3.05, 3.63) is 102 Å². The third-order valence-corrected chi connectivity index (χ3v) is 5.62. The maximum atomic E-state index is 12.9. The lowest BCUT2D eigenvalue weighted by Gasteiger charge is -2.07. The van der Waals surface area contributed by atoms with E-state index in [0.29, 0.717) is 34.3 Å². The first-order valence-electron chi connectivity index (χ1n) is 11.6. The zero-order valence-corrected chi connectivity index (χ0v) is 20.5. The van der Waals surface area contributed by atoms with Gasteiger partial charge in [-0.1, -0.05) is 59.8 Å². The van der Waals surface area contributed by atoms with Gasteiger partial charge in [-0.15, -0.1) is 0 Å². The van der Waals surface area contributed by atoms with Crippen molar-refractivity contribution < 1.29 is 28.3 Å². The number of benzene rings is 3. The summed E-state index contributed by atoms with van der Waals surface area (Å²) in [5.41, 5.74) is 1.88. The molecule has 0 spiro atoms. The van der Waals surface area contributed by atoms with E-state index in [1.54, 1.807) is 48.5 Å². The first kappa shape index (κ1) is 24.4. The van der Waals surface area contributed by atoms with E-state index in [9.17, 15) is 9.59 Å². The number of hydrogen-bond acceptors (Lipinski definition) is 9. The minimum absolute atomic E-state index is 0.0228. The molecule has 0 aliphatic rings. The van der Waals surface area contributed by atoms with Gasteiger partial charge in [0.1, 0.15) is 17.0 Å². The number of hydrogen-bond donors (Lipinski definition) is 0. The number of methoxy groups -OCH3 is 2. The molecule has 0 radical (unpaired) electrons. The van der Waals surface area contributed by atoms with E-state index in [2.05, 4.69) is 15.2 Å². The van der Waals surface area contributed by atoms with Gasteiger partial charge in [0.25, 0.3) is 5.89 Å². The maximum Gasteiger partial charge on any atom is 0.357 e. The van der Waals surface area contributed by atoms with Crippen LogP contribution in [0.15, 0.2) is 89.5 Å². The van der Waals surface area contributed by atoms with Crippen LogP contribution in [0.4, 0.5) is 0 Å². The van der Waals surface area contributed by atoms with Gasteiger partial charge in [0.15, 0.2) is 12.3 Å². The number of esters is 2. The minimum Gasteiger partial charge on any atom is -0.484 e. The van der Waals surface area contributed by atoms with Crippen LogP contribution in [-0.4, -0.2) is 46.1 Å². The first-order chi connectivity index (χ1) is 18.6. The van der Waals surface area contributed by atoms with E-state index in [1.165, 1.54) is 18.9 Å². The van der Waals surface area contributed by atoms with E-state index >= 15 is 0 Å². The van der Waals surface area contributed by atoms with Gasteiger partial charge in [0.05, 0.1) is 19.9 Å². The van der Waals surface area contributed by atoms with E-state index in [4.69, 9.17) is 18.7 Å². The molecule has 0 unspecified atom stereocenters. The van der Waals surface area contributed by atoms with Crippen LogP contribution in [0.1, 0.15) is 26.7 Å². The monoisotopic (exact) mass is 510 g/mol. The van der Waals surface area contributed by atoms with Crippen molar-refractivity contribution in [1.82, 2.24) is 19.9 Å². The zero-order chi connectivity index (χ0) is 26.5. The first-order valence-corrected chi connectivity index (χ1v) is 11.6.